The topological polar surface area (TPSA) is 21.7 Å². The van der Waals surface area contributed by atoms with Crippen LogP contribution in [0.3, 0.4) is 0 Å². The first-order valence-electron chi connectivity index (χ1n) is 11.2. The number of nitrogens with zero attached hydrogens (tertiary/aromatic N) is 3. The standard InChI is InChI=1S/C29H26N3/c1-18-9-12-21(13-10-18)22-15-27(31(4)17-20(22)3)29-19(2)11-14-25-23(29)16-28-30-24-7-5-6-8-26(24)32(25)28/h5-15,17H,16H2,1-4H3/q+1. The van der Waals surface area contributed by atoms with Gasteiger partial charge in [0.1, 0.15) is 12.9 Å². The van der Waals surface area contributed by atoms with Gasteiger partial charge >= 0.3 is 0 Å². The predicted octanol–water partition coefficient (Wildman–Crippen LogP) is 6.01. The second-order valence-corrected chi connectivity index (χ2v) is 9.02. The maximum absolute atomic E-state index is 4.94. The molecule has 0 aliphatic carbocycles. The van der Waals surface area contributed by atoms with Crippen molar-refractivity contribution in [3.63, 3.8) is 0 Å². The SMILES string of the molecule is Cc1ccc(-c2cc(-c3c(C)ccc4c3Cc3nc5ccccc5n3-4)[n+](C)cc2C)cc1. The fourth-order valence-corrected chi connectivity index (χ4v) is 5.19. The van der Waals surface area contributed by atoms with Crippen molar-refractivity contribution in [1.29, 1.82) is 0 Å². The number of para-hydroxylation sites is 2. The van der Waals surface area contributed by atoms with E-state index in [0.29, 0.717) is 0 Å². The second-order valence-electron chi connectivity index (χ2n) is 9.02. The lowest BCUT2D eigenvalue weighted by atomic mass is 9.92. The Morgan fingerprint density at radius 1 is 0.875 bits per heavy atom. The van der Waals surface area contributed by atoms with E-state index in [1.54, 1.807) is 0 Å². The van der Waals surface area contributed by atoms with Gasteiger partial charge in [0.25, 0.3) is 0 Å². The van der Waals surface area contributed by atoms with Gasteiger partial charge in [0.15, 0.2) is 6.20 Å². The van der Waals surface area contributed by atoms with Crippen molar-refractivity contribution in [3.8, 4) is 28.1 Å². The van der Waals surface area contributed by atoms with Gasteiger partial charge in [0, 0.05) is 18.1 Å². The molecule has 6 rings (SSSR count). The summed E-state index contributed by atoms with van der Waals surface area (Å²) in [4.78, 5) is 4.94. The smallest absolute Gasteiger partial charge is 0.213 e. The summed E-state index contributed by atoms with van der Waals surface area (Å²) in [6.45, 7) is 6.56. The van der Waals surface area contributed by atoms with Gasteiger partial charge in [-0.15, -0.1) is 0 Å². The van der Waals surface area contributed by atoms with Crippen molar-refractivity contribution >= 4 is 11.0 Å². The Balaban J connectivity index is 1.58. The average molecular weight is 417 g/mol. The molecule has 3 aromatic carbocycles. The molecule has 3 heterocycles. The number of hydrogen-bond acceptors (Lipinski definition) is 1. The van der Waals surface area contributed by atoms with Crippen LogP contribution in [0.1, 0.15) is 28.1 Å². The Kier molecular flexibility index (Phi) is 4.09. The van der Waals surface area contributed by atoms with Crippen LogP contribution < -0.4 is 4.57 Å². The summed E-state index contributed by atoms with van der Waals surface area (Å²) >= 11 is 0. The Bertz CT molecular complexity index is 1520. The van der Waals surface area contributed by atoms with E-state index in [0.717, 1.165) is 17.8 Å². The van der Waals surface area contributed by atoms with E-state index >= 15 is 0 Å². The van der Waals surface area contributed by atoms with E-state index in [2.05, 4.69) is 110 Å². The Morgan fingerprint density at radius 2 is 1.66 bits per heavy atom. The second kappa shape index (κ2) is 6.89. The summed E-state index contributed by atoms with van der Waals surface area (Å²) in [5.41, 5.74) is 13.9. The number of aryl methyl sites for hydroxylation is 4. The highest BCUT2D eigenvalue weighted by Crippen LogP contribution is 2.39. The van der Waals surface area contributed by atoms with E-state index in [1.165, 1.54) is 55.8 Å². The minimum atomic E-state index is 0.856. The lowest BCUT2D eigenvalue weighted by Crippen LogP contribution is -2.32. The Hall–Kier alpha value is -3.72. The molecule has 0 unspecified atom stereocenters. The number of rotatable bonds is 2. The van der Waals surface area contributed by atoms with Crippen LogP contribution in [0.5, 0.6) is 0 Å². The molecule has 0 radical (unpaired) electrons. The molecule has 0 saturated carbocycles. The monoisotopic (exact) mass is 416 g/mol. The number of aromatic nitrogens is 3. The molecule has 0 bridgehead atoms. The van der Waals surface area contributed by atoms with Crippen molar-refractivity contribution < 1.29 is 4.57 Å². The molecule has 3 heteroatoms. The average Bonchev–Trinajstić information content (AvgIpc) is 3.31. The van der Waals surface area contributed by atoms with Crippen molar-refractivity contribution in [3.05, 3.63) is 101 Å². The van der Waals surface area contributed by atoms with Gasteiger partial charge in [0.2, 0.25) is 5.69 Å². The molecular weight excluding hydrogens is 390 g/mol. The first-order chi connectivity index (χ1) is 15.5. The molecule has 156 valence electrons. The third kappa shape index (κ3) is 2.74. The van der Waals surface area contributed by atoms with Crippen molar-refractivity contribution in [2.75, 3.05) is 0 Å². The maximum atomic E-state index is 4.94. The summed E-state index contributed by atoms with van der Waals surface area (Å²) in [7, 11) is 2.16. The molecule has 0 amide bonds. The zero-order valence-corrected chi connectivity index (χ0v) is 19.0. The summed E-state index contributed by atoms with van der Waals surface area (Å²) in [5.74, 6) is 1.13. The largest absolute Gasteiger partial charge is 0.296 e. The zero-order valence-electron chi connectivity index (χ0n) is 19.0. The van der Waals surface area contributed by atoms with Crippen molar-refractivity contribution in [2.24, 2.45) is 7.05 Å². The summed E-state index contributed by atoms with van der Waals surface area (Å²) in [6, 6.07) is 24.1. The highest BCUT2D eigenvalue weighted by atomic mass is 15.1. The lowest BCUT2D eigenvalue weighted by molar-refractivity contribution is -0.660. The molecule has 0 spiro atoms. The number of benzene rings is 3. The van der Waals surface area contributed by atoms with Crippen molar-refractivity contribution in [2.45, 2.75) is 27.2 Å². The van der Waals surface area contributed by atoms with Crippen LogP contribution in [-0.4, -0.2) is 9.55 Å². The minimum Gasteiger partial charge on any atom is -0.296 e. The van der Waals surface area contributed by atoms with Gasteiger partial charge in [-0.2, -0.15) is 0 Å². The quantitative estimate of drug-likeness (QED) is 0.317. The van der Waals surface area contributed by atoms with Crippen LogP contribution in [0, 0.1) is 20.8 Å². The van der Waals surface area contributed by atoms with Crippen LogP contribution in [0.4, 0.5) is 0 Å². The highest BCUT2D eigenvalue weighted by Gasteiger charge is 2.29. The number of fused-ring (bicyclic) bond motifs is 5. The molecule has 5 aromatic rings. The van der Waals surface area contributed by atoms with Gasteiger partial charge < -0.3 is 0 Å². The molecule has 2 aromatic heterocycles. The van der Waals surface area contributed by atoms with Gasteiger partial charge in [0.05, 0.1) is 22.3 Å². The summed E-state index contributed by atoms with van der Waals surface area (Å²) < 4.78 is 4.61. The van der Waals surface area contributed by atoms with Crippen LogP contribution >= 0.6 is 0 Å². The normalized spacial score (nSPS) is 12.2. The molecule has 1 aliphatic heterocycles. The van der Waals surface area contributed by atoms with E-state index in [9.17, 15) is 0 Å². The van der Waals surface area contributed by atoms with E-state index in [1.807, 2.05) is 0 Å². The van der Waals surface area contributed by atoms with Crippen LogP contribution in [0.25, 0.3) is 39.1 Å². The molecule has 1 aliphatic rings. The Morgan fingerprint density at radius 3 is 2.47 bits per heavy atom. The van der Waals surface area contributed by atoms with Gasteiger partial charge in [-0.05, 0) is 61.2 Å². The Labute approximate surface area is 188 Å². The van der Waals surface area contributed by atoms with Gasteiger partial charge in [-0.1, -0.05) is 48.0 Å². The summed E-state index contributed by atoms with van der Waals surface area (Å²) in [6.07, 6.45) is 3.11. The lowest BCUT2D eigenvalue weighted by Gasteiger charge is -2.14. The summed E-state index contributed by atoms with van der Waals surface area (Å²) in [5, 5.41) is 0. The number of hydrogen-bond donors (Lipinski definition) is 0. The van der Waals surface area contributed by atoms with Gasteiger partial charge in [-0.3, -0.25) is 4.57 Å². The van der Waals surface area contributed by atoms with Crippen LogP contribution in [0.15, 0.2) is 72.9 Å². The number of imidazole rings is 1. The van der Waals surface area contributed by atoms with Gasteiger partial charge in [-0.25, -0.2) is 9.55 Å². The fraction of sp³-hybridized carbons (Fsp3) is 0.172. The molecule has 0 fully saturated rings. The maximum Gasteiger partial charge on any atom is 0.213 e. The first kappa shape index (κ1) is 19.0. The van der Waals surface area contributed by atoms with Crippen LogP contribution in [-0.2, 0) is 13.5 Å². The van der Waals surface area contributed by atoms with E-state index < -0.39 is 0 Å². The molecular formula is C29H26N3+. The third-order valence-corrected chi connectivity index (χ3v) is 6.79. The van der Waals surface area contributed by atoms with Crippen molar-refractivity contribution in [1.82, 2.24) is 9.55 Å². The number of pyridine rings is 1. The molecule has 32 heavy (non-hydrogen) atoms. The van der Waals surface area contributed by atoms with Crippen LogP contribution in [0.2, 0.25) is 0 Å². The molecule has 0 saturated heterocycles. The predicted molar refractivity (Wildman–Crippen MR) is 130 cm³/mol. The minimum absolute atomic E-state index is 0.856. The molecule has 3 nitrogen and oxygen atoms in total. The zero-order chi connectivity index (χ0) is 22.0. The first-order valence-corrected chi connectivity index (χ1v) is 11.2. The fourth-order valence-electron chi connectivity index (χ4n) is 5.19. The highest BCUT2D eigenvalue weighted by molar-refractivity contribution is 5.83. The third-order valence-electron chi connectivity index (χ3n) is 6.79. The molecule has 0 N–H and O–H groups in total. The van der Waals surface area contributed by atoms with E-state index in [-0.39, 0.29) is 0 Å². The molecule has 0 atom stereocenters. The van der Waals surface area contributed by atoms with E-state index in [4.69, 9.17) is 4.98 Å².